The lowest BCUT2D eigenvalue weighted by Crippen LogP contribution is -2.36. The summed E-state index contributed by atoms with van der Waals surface area (Å²) in [6.07, 6.45) is 5.72. The third-order valence-corrected chi connectivity index (χ3v) is 4.32. The monoisotopic (exact) mass is 330 g/mol. The summed E-state index contributed by atoms with van der Waals surface area (Å²) in [5.41, 5.74) is 3.01. The SMILES string of the molecule is CCNC(=NCc1c(C)noc1C)NCc1cn2c(n1)CCCC2. The van der Waals surface area contributed by atoms with Crippen molar-refractivity contribution in [2.75, 3.05) is 6.54 Å². The molecule has 0 aromatic carbocycles. The van der Waals surface area contributed by atoms with Crippen molar-refractivity contribution >= 4 is 5.96 Å². The molecule has 7 nitrogen and oxygen atoms in total. The summed E-state index contributed by atoms with van der Waals surface area (Å²) in [6, 6.07) is 0. The Balaban J connectivity index is 1.63. The van der Waals surface area contributed by atoms with Crippen LogP contribution in [0.5, 0.6) is 0 Å². The Morgan fingerprint density at radius 1 is 1.33 bits per heavy atom. The first-order valence-corrected chi connectivity index (χ1v) is 8.66. The highest BCUT2D eigenvalue weighted by molar-refractivity contribution is 5.79. The van der Waals surface area contributed by atoms with E-state index in [2.05, 4.69) is 38.5 Å². The van der Waals surface area contributed by atoms with Gasteiger partial charge in [0.15, 0.2) is 5.96 Å². The molecule has 0 bridgehead atoms. The first-order chi connectivity index (χ1) is 11.7. The Morgan fingerprint density at radius 2 is 2.21 bits per heavy atom. The van der Waals surface area contributed by atoms with Crippen LogP contribution in [0.1, 0.15) is 48.3 Å². The van der Waals surface area contributed by atoms with Crippen molar-refractivity contribution in [1.82, 2.24) is 25.3 Å². The summed E-state index contributed by atoms with van der Waals surface area (Å²) in [6.45, 7) is 9.04. The number of hydrogen-bond acceptors (Lipinski definition) is 4. The van der Waals surface area contributed by atoms with E-state index in [1.54, 1.807) is 0 Å². The Morgan fingerprint density at radius 3 is 2.92 bits per heavy atom. The molecule has 2 aromatic heterocycles. The summed E-state index contributed by atoms with van der Waals surface area (Å²) in [5.74, 6) is 2.81. The zero-order valence-electron chi connectivity index (χ0n) is 14.7. The van der Waals surface area contributed by atoms with Crippen molar-refractivity contribution < 1.29 is 4.52 Å². The standard InChI is InChI=1S/C17H26N6O/c1-4-18-17(20-10-15-12(2)22-24-13(15)3)19-9-14-11-23-8-6-5-7-16(23)21-14/h11H,4-10H2,1-3H3,(H2,18,19,20). The minimum absolute atomic E-state index is 0.552. The summed E-state index contributed by atoms with van der Waals surface area (Å²) < 4.78 is 7.46. The van der Waals surface area contributed by atoms with E-state index in [0.717, 1.165) is 48.2 Å². The molecule has 3 heterocycles. The van der Waals surface area contributed by atoms with Gasteiger partial charge in [-0.1, -0.05) is 5.16 Å². The van der Waals surface area contributed by atoms with E-state index in [1.165, 1.54) is 18.7 Å². The van der Waals surface area contributed by atoms with Crippen molar-refractivity contribution in [1.29, 1.82) is 0 Å². The molecule has 0 saturated heterocycles. The number of aliphatic imine (C=N–C) groups is 1. The van der Waals surface area contributed by atoms with Gasteiger partial charge in [-0.3, -0.25) is 0 Å². The van der Waals surface area contributed by atoms with E-state index in [-0.39, 0.29) is 0 Å². The van der Waals surface area contributed by atoms with Gasteiger partial charge in [-0.15, -0.1) is 0 Å². The fraction of sp³-hybridized carbons (Fsp3) is 0.588. The number of nitrogens with one attached hydrogen (secondary N) is 2. The molecule has 2 N–H and O–H groups in total. The molecule has 1 aliphatic rings. The van der Waals surface area contributed by atoms with Crippen LogP contribution in [0.15, 0.2) is 15.7 Å². The molecule has 0 spiro atoms. The van der Waals surface area contributed by atoms with Crippen molar-refractivity contribution in [2.45, 2.75) is 59.7 Å². The number of aromatic nitrogens is 3. The molecule has 0 aliphatic carbocycles. The van der Waals surface area contributed by atoms with Crippen molar-refractivity contribution in [2.24, 2.45) is 4.99 Å². The third kappa shape index (κ3) is 3.77. The second-order valence-electron chi connectivity index (χ2n) is 6.15. The van der Waals surface area contributed by atoms with Gasteiger partial charge >= 0.3 is 0 Å². The van der Waals surface area contributed by atoms with Crippen molar-refractivity contribution in [3.05, 3.63) is 34.7 Å². The van der Waals surface area contributed by atoms with Crippen molar-refractivity contribution in [3.8, 4) is 0 Å². The molecular weight excluding hydrogens is 304 g/mol. The second-order valence-corrected chi connectivity index (χ2v) is 6.15. The van der Waals surface area contributed by atoms with E-state index in [1.807, 2.05) is 13.8 Å². The van der Waals surface area contributed by atoms with E-state index in [9.17, 15) is 0 Å². The molecule has 0 saturated carbocycles. The fourth-order valence-corrected chi connectivity index (χ4v) is 2.96. The highest BCUT2D eigenvalue weighted by atomic mass is 16.5. The summed E-state index contributed by atoms with van der Waals surface area (Å²) in [5, 5.41) is 10.6. The number of rotatable bonds is 5. The molecule has 0 fully saturated rings. The zero-order valence-corrected chi connectivity index (χ0v) is 14.7. The third-order valence-electron chi connectivity index (χ3n) is 4.32. The van der Waals surface area contributed by atoms with Crippen LogP contribution in [0, 0.1) is 13.8 Å². The van der Waals surface area contributed by atoms with Crippen molar-refractivity contribution in [3.63, 3.8) is 0 Å². The minimum Gasteiger partial charge on any atom is -0.361 e. The molecule has 130 valence electrons. The van der Waals surface area contributed by atoms with Crippen LogP contribution < -0.4 is 10.6 Å². The number of aryl methyl sites for hydroxylation is 4. The van der Waals surface area contributed by atoms with Crippen LogP contribution in [0.4, 0.5) is 0 Å². The normalized spacial score (nSPS) is 14.5. The van der Waals surface area contributed by atoms with Gasteiger partial charge in [-0.05, 0) is 33.6 Å². The molecular formula is C17H26N6O. The minimum atomic E-state index is 0.552. The number of fused-ring (bicyclic) bond motifs is 1. The lowest BCUT2D eigenvalue weighted by Gasteiger charge is -2.11. The van der Waals surface area contributed by atoms with Crippen LogP contribution in [-0.4, -0.2) is 27.2 Å². The average Bonchev–Trinajstić information content (AvgIpc) is 3.13. The van der Waals surface area contributed by atoms with Gasteiger partial charge < -0.3 is 19.7 Å². The van der Waals surface area contributed by atoms with E-state index in [4.69, 9.17) is 9.51 Å². The van der Waals surface area contributed by atoms with Crippen LogP contribution in [0.25, 0.3) is 0 Å². The zero-order chi connectivity index (χ0) is 16.9. The second kappa shape index (κ2) is 7.51. The summed E-state index contributed by atoms with van der Waals surface area (Å²) in [7, 11) is 0. The Labute approximate surface area is 142 Å². The van der Waals surface area contributed by atoms with E-state index >= 15 is 0 Å². The first kappa shape index (κ1) is 16.5. The topological polar surface area (TPSA) is 80.3 Å². The highest BCUT2D eigenvalue weighted by Crippen LogP contribution is 2.15. The number of nitrogens with zero attached hydrogens (tertiary/aromatic N) is 4. The summed E-state index contributed by atoms with van der Waals surface area (Å²) >= 11 is 0. The number of guanidine groups is 1. The van der Waals surface area contributed by atoms with Crippen LogP contribution in [0.2, 0.25) is 0 Å². The van der Waals surface area contributed by atoms with Crippen LogP contribution in [-0.2, 0) is 26.1 Å². The molecule has 0 radical (unpaired) electrons. The molecule has 0 unspecified atom stereocenters. The highest BCUT2D eigenvalue weighted by Gasteiger charge is 2.12. The van der Waals surface area contributed by atoms with Gasteiger partial charge in [0.1, 0.15) is 11.6 Å². The lowest BCUT2D eigenvalue weighted by molar-refractivity contribution is 0.392. The molecule has 2 aromatic rings. The smallest absolute Gasteiger partial charge is 0.191 e. The predicted molar refractivity (Wildman–Crippen MR) is 92.8 cm³/mol. The van der Waals surface area contributed by atoms with Gasteiger partial charge in [-0.25, -0.2) is 9.98 Å². The Bertz CT molecular complexity index is 672. The van der Waals surface area contributed by atoms with Gasteiger partial charge in [0.25, 0.3) is 0 Å². The molecule has 0 amide bonds. The van der Waals surface area contributed by atoms with Gasteiger partial charge in [0, 0.05) is 31.3 Å². The van der Waals surface area contributed by atoms with Gasteiger partial charge in [-0.2, -0.15) is 0 Å². The quantitative estimate of drug-likeness (QED) is 0.648. The number of hydrogen-bond donors (Lipinski definition) is 2. The maximum atomic E-state index is 5.19. The Hall–Kier alpha value is -2.31. The molecule has 24 heavy (non-hydrogen) atoms. The maximum Gasteiger partial charge on any atom is 0.191 e. The summed E-state index contributed by atoms with van der Waals surface area (Å²) in [4.78, 5) is 9.35. The maximum absolute atomic E-state index is 5.19. The molecule has 0 atom stereocenters. The fourth-order valence-electron chi connectivity index (χ4n) is 2.96. The van der Waals surface area contributed by atoms with Crippen LogP contribution >= 0.6 is 0 Å². The molecule has 7 heteroatoms. The van der Waals surface area contributed by atoms with Gasteiger partial charge in [0.05, 0.1) is 24.5 Å². The molecule has 3 rings (SSSR count). The lowest BCUT2D eigenvalue weighted by atomic mass is 10.2. The van der Waals surface area contributed by atoms with E-state index in [0.29, 0.717) is 13.1 Å². The first-order valence-electron chi connectivity index (χ1n) is 8.66. The molecule has 1 aliphatic heterocycles. The van der Waals surface area contributed by atoms with Gasteiger partial charge in [0.2, 0.25) is 0 Å². The predicted octanol–water partition coefficient (Wildman–Crippen LogP) is 2.08. The van der Waals surface area contributed by atoms with E-state index < -0.39 is 0 Å². The number of imidazole rings is 1. The average molecular weight is 330 g/mol. The van der Waals surface area contributed by atoms with Crippen LogP contribution in [0.3, 0.4) is 0 Å². The Kier molecular flexibility index (Phi) is 5.17. The largest absolute Gasteiger partial charge is 0.361 e.